The lowest BCUT2D eigenvalue weighted by Gasteiger charge is -2.16. The third-order valence-electron chi connectivity index (χ3n) is 1.42. The minimum absolute atomic E-state index is 0.170. The Morgan fingerprint density at radius 2 is 2.18 bits per heavy atom. The summed E-state index contributed by atoms with van der Waals surface area (Å²) in [6, 6.07) is 0. The van der Waals surface area contributed by atoms with E-state index in [1.165, 1.54) is 0 Å². The van der Waals surface area contributed by atoms with Crippen molar-refractivity contribution in [3.63, 3.8) is 0 Å². The molecule has 0 aromatic heterocycles. The zero-order chi connectivity index (χ0) is 9.07. The minimum Gasteiger partial charge on any atom is -0.481 e. The molecule has 0 rings (SSSR count). The van der Waals surface area contributed by atoms with Crippen LogP contribution in [0, 0.1) is 0 Å². The van der Waals surface area contributed by atoms with Crippen LogP contribution in [0.5, 0.6) is 0 Å². The summed E-state index contributed by atoms with van der Waals surface area (Å²) in [5, 5.41) is 17.0. The first-order valence-electron chi connectivity index (χ1n) is 3.16. The molecular formula is C5H12NO4P. The summed E-state index contributed by atoms with van der Waals surface area (Å²) >= 11 is 0. The molecule has 0 aliphatic carbocycles. The Balaban J connectivity index is 4.50. The molecule has 4 N–H and O–H groups in total. The molecule has 0 aliphatic heterocycles. The number of carbonyl (C=O) groups is 1. The first-order valence-corrected chi connectivity index (χ1v) is 5.19. The Bertz CT molecular complexity index is 193. The van der Waals surface area contributed by atoms with E-state index in [4.69, 9.17) is 15.7 Å². The molecule has 0 aromatic carbocycles. The maximum Gasteiger partial charge on any atom is 0.315 e. The molecule has 0 bridgehead atoms. The van der Waals surface area contributed by atoms with E-state index in [-0.39, 0.29) is 6.42 Å². The molecule has 2 atom stereocenters. The highest BCUT2D eigenvalue weighted by Crippen LogP contribution is 2.42. The highest BCUT2D eigenvalue weighted by molar-refractivity contribution is 7.63. The van der Waals surface area contributed by atoms with Crippen molar-refractivity contribution in [1.29, 1.82) is 0 Å². The minimum atomic E-state index is -3.38. The quantitative estimate of drug-likeness (QED) is 0.531. The van der Waals surface area contributed by atoms with E-state index < -0.39 is 25.3 Å². The van der Waals surface area contributed by atoms with Gasteiger partial charge in [0.05, 0.1) is 0 Å². The van der Waals surface area contributed by atoms with Crippen LogP contribution in [0.1, 0.15) is 13.3 Å². The molecule has 0 spiro atoms. The van der Waals surface area contributed by atoms with Gasteiger partial charge in [0.25, 0.3) is 0 Å². The van der Waals surface area contributed by atoms with Crippen LogP contribution in [-0.4, -0.2) is 28.2 Å². The Kier molecular flexibility index (Phi) is 3.72. The van der Waals surface area contributed by atoms with Crippen LogP contribution in [0.3, 0.4) is 0 Å². The smallest absolute Gasteiger partial charge is 0.315 e. The van der Waals surface area contributed by atoms with Gasteiger partial charge in [0.15, 0.2) is 7.29 Å². The highest BCUT2D eigenvalue weighted by Gasteiger charge is 2.32. The molecule has 0 aromatic rings. The van der Waals surface area contributed by atoms with Gasteiger partial charge in [0.2, 0.25) is 0 Å². The van der Waals surface area contributed by atoms with Crippen molar-refractivity contribution in [3.05, 3.63) is 0 Å². The Hall–Kier alpha value is -0.380. The summed E-state index contributed by atoms with van der Waals surface area (Å²) in [4.78, 5) is 10.4. The molecular weight excluding hydrogens is 169 g/mol. The summed E-state index contributed by atoms with van der Waals surface area (Å²) in [5.41, 5.74) is 3.98. The number of nitrogens with two attached hydrogens (primary N) is 1. The molecule has 2 unspecified atom stereocenters. The van der Waals surface area contributed by atoms with Crippen LogP contribution in [0.2, 0.25) is 0 Å². The molecule has 0 saturated carbocycles. The molecule has 0 saturated heterocycles. The van der Waals surface area contributed by atoms with Crippen molar-refractivity contribution in [2.24, 2.45) is 5.50 Å². The number of aliphatic carboxylic acids is 1. The van der Waals surface area contributed by atoms with Crippen molar-refractivity contribution in [2.45, 2.75) is 19.0 Å². The van der Waals surface area contributed by atoms with Crippen LogP contribution in [0.15, 0.2) is 0 Å². The van der Waals surface area contributed by atoms with E-state index in [0.29, 0.717) is 0 Å². The van der Waals surface area contributed by atoms with Gasteiger partial charge >= 0.3 is 5.97 Å². The molecule has 6 heteroatoms. The lowest BCUT2D eigenvalue weighted by molar-refractivity contribution is -0.136. The molecule has 0 aliphatic rings. The third-order valence-corrected chi connectivity index (χ3v) is 3.50. The highest BCUT2D eigenvalue weighted by atomic mass is 31.2. The molecule has 66 valence electrons. The summed E-state index contributed by atoms with van der Waals surface area (Å²) < 4.78 is 11.1. The van der Waals surface area contributed by atoms with E-state index in [1.807, 2.05) is 0 Å². The predicted molar refractivity (Wildman–Crippen MR) is 40.6 cm³/mol. The van der Waals surface area contributed by atoms with Crippen molar-refractivity contribution in [3.8, 4) is 0 Å². The number of hydrogen-bond donors (Lipinski definition) is 3. The number of aliphatic hydroxyl groups is 1. The summed E-state index contributed by atoms with van der Waals surface area (Å²) in [5.74, 6) is -1.22. The first kappa shape index (κ1) is 10.6. The van der Waals surface area contributed by atoms with Gasteiger partial charge in [-0.1, -0.05) is 6.92 Å². The lowest BCUT2D eigenvalue weighted by atomic mass is 10.3. The predicted octanol–water partition coefficient (Wildman–Crippen LogP) is 0.0362. The van der Waals surface area contributed by atoms with Crippen LogP contribution < -0.4 is 5.50 Å². The lowest BCUT2D eigenvalue weighted by Crippen LogP contribution is -2.24. The summed E-state index contributed by atoms with van der Waals surface area (Å²) in [6.07, 6.45) is -0.582. The van der Waals surface area contributed by atoms with Gasteiger partial charge in [-0.25, -0.2) is 0 Å². The number of carboxylic acid groups (broad SMARTS) is 1. The van der Waals surface area contributed by atoms with Crippen LogP contribution in [-0.2, 0) is 9.36 Å². The van der Waals surface area contributed by atoms with Gasteiger partial charge in [-0.2, -0.15) is 0 Å². The topological polar surface area (TPSA) is 101 Å². The molecule has 0 radical (unpaired) electrons. The van der Waals surface area contributed by atoms with Crippen LogP contribution >= 0.6 is 7.29 Å². The SMILES string of the molecule is CCC(C(=O)O)P(N)(=O)CO. The third kappa shape index (κ3) is 2.61. The van der Waals surface area contributed by atoms with Crippen molar-refractivity contribution < 1.29 is 19.6 Å². The van der Waals surface area contributed by atoms with Gasteiger partial charge in [-0.15, -0.1) is 0 Å². The van der Waals surface area contributed by atoms with Crippen molar-refractivity contribution >= 4 is 13.3 Å². The average Bonchev–Trinajstić information content (AvgIpc) is 1.88. The maximum absolute atomic E-state index is 11.1. The first-order chi connectivity index (χ1) is 4.95. The number of hydrogen-bond acceptors (Lipinski definition) is 3. The largest absolute Gasteiger partial charge is 0.481 e. The van der Waals surface area contributed by atoms with E-state index in [0.717, 1.165) is 0 Å². The second-order valence-electron chi connectivity index (χ2n) is 2.26. The van der Waals surface area contributed by atoms with E-state index >= 15 is 0 Å². The van der Waals surface area contributed by atoms with E-state index in [1.54, 1.807) is 6.92 Å². The Morgan fingerprint density at radius 3 is 2.27 bits per heavy atom. The van der Waals surface area contributed by atoms with E-state index in [2.05, 4.69) is 0 Å². The number of carboxylic acids is 1. The molecule has 0 heterocycles. The Labute approximate surface area is 64.6 Å². The monoisotopic (exact) mass is 181 g/mol. The normalized spacial score (nSPS) is 18.8. The fourth-order valence-corrected chi connectivity index (χ4v) is 1.96. The second-order valence-corrected chi connectivity index (χ2v) is 4.87. The van der Waals surface area contributed by atoms with Gasteiger partial charge in [-0.05, 0) is 6.42 Å². The fraction of sp³-hybridized carbons (Fsp3) is 0.800. The summed E-state index contributed by atoms with van der Waals surface area (Å²) in [7, 11) is -3.38. The maximum atomic E-state index is 11.1. The zero-order valence-corrected chi connectivity index (χ0v) is 7.12. The van der Waals surface area contributed by atoms with Crippen LogP contribution in [0.4, 0.5) is 0 Å². The standard InChI is InChI=1S/C5H12NO4P/c1-2-4(5(8)9)11(6,10)3-7/h4,7H,2-3H2,1H3,(H2,6,10)(H,8,9). The van der Waals surface area contributed by atoms with E-state index in [9.17, 15) is 9.36 Å². The zero-order valence-electron chi connectivity index (χ0n) is 6.23. The fourth-order valence-electron chi connectivity index (χ4n) is 0.769. The molecule has 5 nitrogen and oxygen atoms in total. The molecule has 0 fully saturated rings. The van der Waals surface area contributed by atoms with Crippen molar-refractivity contribution in [2.75, 3.05) is 6.35 Å². The number of aliphatic hydroxyl groups excluding tert-OH is 1. The molecule has 0 amide bonds. The molecule has 11 heavy (non-hydrogen) atoms. The van der Waals surface area contributed by atoms with Gasteiger partial charge in [0, 0.05) is 0 Å². The van der Waals surface area contributed by atoms with Gasteiger partial charge in [-0.3, -0.25) is 10.3 Å². The van der Waals surface area contributed by atoms with Gasteiger partial charge < -0.3 is 14.8 Å². The van der Waals surface area contributed by atoms with Gasteiger partial charge in [0.1, 0.15) is 12.0 Å². The van der Waals surface area contributed by atoms with Crippen molar-refractivity contribution in [1.82, 2.24) is 0 Å². The van der Waals surface area contributed by atoms with Crippen LogP contribution in [0.25, 0.3) is 0 Å². The number of rotatable bonds is 4. The Morgan fingerprint density at radius 1 is 1.73 bits per heavy atom. The summed E-state index contributed by atoms with van der Waals surface area (Å²) in [6.45, 7) is 1.56. The average molecular weight is 181 g/mol. The second kappa shape index (κ2) is 3.85.